The topological polar surface area (TPSA) is 115 Å². The third kappa shape index (κ3) is 5.01. The highest BCUT2D eigenvalue weighted by Crippen LogP contribution is 2.38. The number of anilines is 3. The fourth-order valence-electron chi connectivity index (χ4n) is 6.17. The first kappa shape index (κ1) is 26.6. The number of halogens is 3. The first-order valence-corrected chi connectivity index (χ1v) is 13.4. The van der Waals surface area contributed by atoms with Crippen LogP contribution >= 0.6 is 0 Å². The van der Waals surface area contributed by atoms with Gasteiger partial charge in [-0.3, -0.25) is 15.2 Å². The predicted octanol–water partition coefficient (Wildman–Crippen LogP) is 4.45. The molecule has 12 heteroatoms. The second kappa shape index (κ2) is 10.7. The summed E-state index contributed by atoms with van der Waals surface area (Å²) in [5.74, 6) is -0.736. The molecule has 5 heterocycles. The molecule has 40 heavy (non-hydrogen) atoms. The van der Waals surface area contributed by atoms with E-state index in [0.29, 0.717) is 48.2 Å². The fraction of sp³-hybridized carbons (Fsp3) is 0.464. The number of nitrogens with two attached hydrogens (primary N) is 1. The molecule has 2 atom stereocenters. The Hall–Kier alpha value is -3.64. The van der Waals surface area contributed by atoms with Crippen LogP contribution in [-0.2, 0) is 15.9 Å². The molecule has 212 valence electrons. The van der Waals surface area contributed by atoms with Crippen molar-refractivity contribution in [3.05, 3.63) is 41.6 Å². The molecule has 3 aliphatic heterocycles. The van der Waals surface area contributed by atoms with Gasteiger partial charge in [-0.1, -0.05) is 0 Å². The van der Waals surface area contributed by atoms with Gasteiger partial charge in [-0.05, 0) is 42.8 Å². The van der Waals surface area contributed by atoms with Gasteiger partial charge in [0, 0.05) is 60.4 Å². The zero-order chi connectivity index (χ0) is 28.0. The molecule has 1 aromatic carbocycles. The van der Waals surface area contributed by atoms with Crippen molar-refractivity contribution < 1.29 is 27.4 Å². The third-order valence-corrected chi connectivity index (χ3v) is 8.05. The number of hydrogen-bond donors (Lipinski definition) is 3. The lowest BCUT2D eigenvalue weighted by Gasteiger charge is -2.46. The van der Waals surface area contributed by atoms with Crippen LogP contribution in [0.25, 0.3) is 21.9 Å². The Morgan fingerprint density at radius 1 is 1.23 bits per heavy atom. The van der Waals surface area contributed by atoms with Gasteiger partial charge >= 0.3 is 6.09 Å². The number of aromatic nitrogens is 2. The maximum atomic E-state index is 15.5. The Morgan fingerprint density at radius 3 is 2.75 bits per heavy atom. The number of carbonyl (C=O) groups excluding carboxylic acids is 1. The first-order chi connectivity index (χ1) is 19.3. The van der Waals surface area contributed by atoms with Gasteiger partial charge in [0.15, 0.2) is 5.82 Å². The molecule has 2 fully saturated rings. The summed E-state index contributed by atoms with van der Waals surface area (Å²) in [6, 6.07) is 3.30. The number of pyridine rings is 2. The van der Waals surface area contributed by atoms with E-state index in [1.807, 2.05) is 6.92 Å². The van der Waals surface area contributed by atoms with Crippen LogP contribution in [0.15, 0.2) is 24.5 Å². The monoisotopic (exact) mass is 556 g/mol. The molecule has 0 spiro atoms. The Labute approximate surface area is 229 Å². The van der Waals surface area contributed by atoms with Gasteiger partial charge in [-0.15, -0.1) is 0 Å². The number of rotatable bonds is 5. The van der Waals surface area contributed by atoms with Gasteiger partial charge in [-0.25, -0.2) is 22.9 Å². The van der Waals surface area contributed by atoms with Gasteiger partial charge in [0.1, 0.15) is 11.9 Å². The van der Waals surface area contributed by atoms with Gasteiger partial charge in [0.25, 0.3) is 6.43 Å². The third-order valence-electron chi connectivity index (χ3n) is 8.05. The highest BCUT2D eigenvalue weighted by atomic mass is 19.3. The average Bonchev–Trinajstić information content (AvgIpc) is 2.91. The summed E-state index contributed by atoms with van der Waals surface area (Å²) in [6.45, 7) is 3.87. The van der Waals surface area contributed by atoms with Gasteiger partial charge in [0.2, 0.25) is 0 Å². The van der Waals surface area contributed by atoms with Crippen LogP contribution in [-0.4, -0.2) is 72.9 Å². The number of nitrogens with zero attached hydrogens (tertiary/aromatic N) is 3. The Kier molecular flexibility index (Phi) is 7.13. The van der Waals surface area contributed by atoms with E-state index in [1.54, 1.807) is 23.2 Å². The maximum Gasteiger partial charge on any atom is 0.413 e. The van der Waals surface area contributed by atoms with Crippen LogP contribution in [0.1, 0.15) is 17.7 Å². The SMILES string of the molecule is Cc1c(-c2cc3cc(NC(=O)OC4C5COCC4CN(CC(F)F)C5)ncc3c(N)c2F)cnc2c1NCCC2. The predicted molar refractivity (Wildman–Crippen MR) is 145 cm³/mol. The quantitative estimate of drug-likeness (QED) is 0.395. The minimum atomic E-state index is -2.42. The number of amides is 1. The molecular weight excluding hydrogens is 525 g/mol. The fourth-order valence-corrected chi connectivity index (χ4v) is 6.17. The number of ether oxygens (including phenoxy) is 2. The number of fused-ring (bicyclic) bond motifs is 4. The molecule has 0 radical (unpaired) electrons. The minimum absolute atomic E-state index is 0.0393. The van der Waals surface area contributed by atoms with E-state index in [0.717, 1.165) is 36.3 Å². The molecule has 3 aromatic rings. The number of nitrogen functional groups attached to an aromatic ring is 1. The molecule has 2 bridgehead atoms. The summed E-state index contributed by atoms with van der Waals surface area (Å²) in [5.41, 5.74) is 9.88. The number of aryl methyl sites for hydroxylation is 1. The van der Waals surface area contributed by atoms with Crippen LogP contribution < -0.4 is 16.4 Å². The normalized spacial score (nSPS) is 22.6. The van der Waals surface area contributed by atoms with Gasteiger partial charge in [0.05, 0.1) is 36.8 Å². The zero-order valence-corrected chi connectivity index (χ0v) is 22.1. The molecule has 0 aliphatic carbocycles. The number of benzene rings is 1. The number of alkyl halides is 2. The average molecular weight is 557 g/mol. The largest absolute Gasteiger partial charge is 0.445 e. The van der Waals surface area contributed by atoms with Gasteiger partial charge < -0.3 is 20.5 Å². The molecule has 4 N–H and O–H groups in total. The summed E-state index contributed by atoms with van der Waals surface area (Å²) in [5, 5.41) is 7.04. The van der Waals surface area contributed by atoms with Crippen LogP contribution in [0, 0.1) is 24.6 Å². The van der Waals surface area contributed by atoms with Crippen LogP contribution in [0.2, 0.25) is 0 Å². The lowest BCUT2D eigenvalue weighted by atomic mass is 9.84. The molecule has 2 saturated heterocycles. The van der Waals surface area contributed by atoms with Crippen molar-refractivity contribution in [1.82, 2.24) is 14.9 Å². The second-order valence-electron chi connectivity index (χ2n) is 10.8. The van der Waals surface area contributed by atoms with Crippen molar-refractivity contribution in [3.63, 3.8) is 0 Å². The molecule has 6 rings (SSSR count). The molecule has 3 aliphatic rings. The number of carbonyl (C=O) groups is 1. The van der Waals surface area contributed by atoms with E-state index in [-0.39, 0.29) is 29.9 Å². The van der Waals surface area contributed by atoms with E-state index in [4.69, 9.17) is 15.2 Å². The van der Waals surface area contributed by atoms with E-state index in [9.17, 15) is 13.6 Å². The lowest BCUT2D eigenvalue weighted by molar-refractivity contribution is -0.128. The number of hydrogen-bond acceptors (Lipinski definition) is 8. The number of piperidine rings is 1. The highest BCUT2D eigenvalue weighted by Gasteiger charge is 2.43. The smallest absolute Gasteiger partial charge is 0.413 e. The van der Waals surface area contributed by atoms with Crippen molar-refractivity contribution in [2.24, 2.45) is 11.8 Å². The maximum absolute atomic E-state index is 15.5. The van der Waals surface area contributed by atoms with Crippen molar-refractivity contribution >= 4 is 34.1 Å². The van der Waals surface area contributed by atoms with Crippen molar-refractivity contribution in [1.29, 1.82) is 0 Å². The highest BCUT2D eigenvalue weighted by molar-refractivity contribution is 5.99. The zero-order valence-electron chi connectivity index (χ0n) is 22.1. The summed E-state index contributed by atoms with van der Waals surface area (Å²) in [4.78, 5) is 23.3. The number of likely N-dealkylation sites (tertiary alicyclic amines) is 1. The summed E-state index contributed by atoms with van der Waals surface area (Å²) in [6.07, 6.45) is 1.38. The standard InChI is InChI=1S/C28H31F3N6O3/c1-14-19(7-34-21-3-2-4-33-26(14)21)18-5-15-6-23(35-8-20(15)25(32)24(18)31)36-28(38)40-27-16-9-37(11-22(29)30)10-17(27)13-39-12-16/h5-8,16-17,22,27,33H,2-4,9-13,32H2,1H3,(H,35,36,38). The molecule has 2 aromatic heterocycles. The summed E-state index contributed by atoms with van der Waals surface area (Å²) in [7, 11) is 0. The molecular formula is C28H31F3N6O3. The molecule has 0 saturated carbocycles. The van der Waals surface area contributed by atoms with Gasteiger partial charge in [-0.2, -0.15) is 0 Å². The number of nitrogens with one attached hydrogen (secondary N) is 2. The van der Waals surface area contributed by atoms with E-state index in [1.165, 1.54) is 6.20 Å². The first-order valence-electron chi connectivity index (χ1n) is 13.4. The van der Waals surface area contributed by atoms with E-state index in [2.05, 4.69) is 20.6 Å². The van der Waals surface area contributed by atoms with Crippen molar-refractivity contribution in [3.8, 4) is 11.1 Å². The summed E-state index contributed by atoms with van der Waals surface area (Å²) >= 11 is 0. The van der Waals surface area contributed by atoms with E-state index >= 15 is 4.39 Å². The van der Waals surface area contributed by atoms with Crippen LogP contribution in [0.3, 0.4) is 0 Å². The minimum Gasteiger partial charge on any atom is -0.445 e. The van der Waals surface area contributed by atoms with Crippen molar-refractivity contribution in [2.75, 3.05) is 55.8 Å². The summed E-state index contributed by atoms with van der Waals surface area (Å²) < 4.78 is 52.6. The Bertz CT molecular complexity index is 1440. The lowest BCUT2D eigenvalue weighted by Crippen LogP contribution is -2.57. The second-order valence-corrected chi connectivity index (χ2v) is 10.8. The van der Waals surface area contributed by atoms with Crippen LogP contribution in [0.5, 0.6) is 0 Å². The van der Waals surface area contributed by atoms with Crippen molar-refractivity contribution in [2.45, 2.75) is 32.3 Å². The Balaban J connectivity index is 1.23. The molecule has 9 nitrogen and oxygen atoms in total. The van der Waals surface area contributed by atoms with E-state index < -0.39 is 24.4 Å². The Morgan fingerprint density at radius 2 is 2.00 bits per heavy atom. The van der Waals surface area contributed by atoms with Crippen LogP contribution in [0.4, 0.5) is 35.2 Å². The molecule has 2 unspecified atom stereocenters. The molecule has 1 amide bonds.